The first-order chi connectivity index (χ1) is 13.2. The molecule has 0 amide bonds. The molecule has 4 aromatic rings. The average molecular weight is 378 g/mol. The van der Waals surface area contributed by atoms with Crippen molar-refractivity contribution < 1.29 is 9.84 Å². The van der Waals surface area contributed by atoms with Gasteiger partial charge in [-0.15, -0.1) is 11.3 Å². The molecule has 0 bridgehead atoms. The summed E-state index contributed by atoms with van der Waals surface area (Å²) in [6, 6.07) is 19.6. The van der Waals surface area contributed by atoms with Crippen molar-refractivity contribution in [1.29, 1.82) is 0 Å². The molecule has 0 saturated heterocycles. The summed E-state index contributed by atoms with van der Waals surface area (Å²) in [7, 11) is 0. The predicted octanol–water partition coefficient (Wildman–Crippen LogP) is 3.56. The Morgan fingerprint density at radius 2 is 1.78 bits per heavy atom. The van der Waals surface area contributed by atoms with Gasteiger partial charge in [-0.05, 0) is 34.7 Å². The Labute approximate surface area is 160 Å². The van der Waals surface area contributed by atoms with Gasteiger partial charge in [-0.1, -0.05) is 42.5 Å². The second-order valence-corrected chi connectivity index (χ2v) is 7.11. The van der Waals surface area contributed by atoms with Crippen molar-refractivity contribution in [3.8, 4) is 16.9 Å². The first-order valence-corrected chi connectivity index (χ1v) is 9.47. The summed E-state index contributed by atoms with van der Waals surface area (Å²) in [4.78, 5) is 16.6. The third kappa shape index (κ3) is 3.92. The molecule has 1 unspecified atom stereocenters. The van der Waals surface area contributed by atoms with Gasteiger partial charge in [0.15, 0.2) is 0 Å². The molecular weight excluding hydrogens is 360 g/mol. The topological polar surface area (TPSA) is 64.4 Å². The monoisotopic (exact) mass is 378 g/mol. The largest absolute Gasteiger partial charge is 0.491 e. The summed E-state index contributed by atoms with van der Waals surface area (Å²) in [5, 5.41) is 12.1. The van der Waals surface area contributed by atoms with E-state index in [9.17, 15) is 9.90 Å². The number of thiophene rings is 1. The third-order valence-electron chi connectivity index (χ3n) is 4.25. The van der Waals surface area contributed by atoms with E-state index in [1.165, 1.54) is 22.2 Å². The van der Waals surface area contributed by atoms with Crippen LogP contribution in [0.2, 0.25) is 0 Å². The van der Waals surface area contributed by atoms with E-state index in [2.05, 4.69) is 17.1 Å². The molecular formula is C21H18N2O3S. The van der Waals surface area contributed by atoms with Crippen LogP contribution in [0.1, 0.15) is 0 Å². The van der Waals surface area contributed by atoms with Crippen molar-refractivity contribution in [2.24, 2.45) is 0 Å². The van der Waals surface area contributed by atoms with Crippen LogP contribution >= 0.6 is 11.3 Å². The van der Waals surface area contributed by atoms with E-state index in [1.807, 2.05) is 53.9 Å². The third-order valence-corrected chi connectivity index (χ3v) is 5.14. The van der Waals surface area contributed by atoms with Gasteiger partial charge in [0.25, 0.3) is 5.56 Å². The number of ether oxygens (including phenoxy) is 1. The first kappa shape index (κ1) is 17.5. The first-order valence-electron chi connectivity index (χ1n) is 8.60. The Morgan fingerprint density at radius 3 is 2.56 bits per heavy atom. The highest BCUT2D eigenvalue weighted by Gasteiger charge is 2.11. The van der Waals surface area contributed by atoms with Gasteiger partial charge < -0.3 is 9.84 Å². The quantitative estimate of drug-likeness (QED) is 0.557. The number of hydrogen-bond acceptors (Lipinski definition) is 5. The standard InChI is InChI=1S/C21H18N2O3S/c24-17(12-23-14-22-19-10-11-27-20(19)21(23)25)13-26-18-8-6-16(7-9-18)15-4-2-1-3-5-15/h1-11,14,17,24H,12-13H2. The van der Waals surface area contributed by atoms with Crippen LogP contribution in [0, 0.1) is 0 Å². The number of aliphatic hydroxyl groups excluding tert-OH is 1. The molecule has 4 rings (SSSR count). The summed E-state index contributed by atoms with van der Waals surface area (Å²) >= 11 is 1.36. The number of rotatable bonds is 6. The molecule has 2 aromatic heterocycles. The minimum Gasteiger partial charge on any atom is -0.491 e. The van der Waals surface area contributed by atoms with Gasteiger partial charge in [-0.25, -0.2) is 4.98 Å². The normalized spacial score (nSPS) is 12.2. The van der Waals surface area contributed by atoms with E-state index in [0.29, 0.717) is 16.0 Å². The molecule has 1 N–H and O–H groups in total. The van der Waals surface area contributed by atoms with E-state index >= 15 is 0 Å². The smallest absolute Gasteiger partial charge is 0.271 e. The zero-order valence-electron chi connectivity index (χ0n) is 14.5. The summed E-state index contributed by atoms with van der Waals surface area (Å²) in [5.41, 5.74) is 2.79. The van der Waals surface area contributed by atoms with Gasteiger partial charge in [-0.2, -0.15) is 0 Å². The molecule has 0 fully saturated rings. The number of aliphatic hydroxyl groups is 1. The minimum atomic E-state index is -0.810. The van der Waals surface area contributed by atoms with Crippen molar-refractivity contribution in [2.75, 3.05) is 6.61 Å². The van der Waals surface area contributed by atoms with E-state index in [-0.39, 0.29) is 18.7 Å². The molecule has 2 heterocycles. The molecule has 0 saturated carbocycles. The maximum atomic E-state index is 12.4. The van der Waals surface area contributed by atoms with Crippen molar-refractivity contribution in [3.63, 3.8) is 0 Å². The number of fused-ring (bicyclic) bond motifs is 1. The molecule has 0 aliphatic rings. The summed E-state index contributed by atoms with van der Waals surface area (Å²) in [6.45, 7) is 0.237. The van der Waals surface area contributed by atoms with Gasteiger partial charge in [0.2, 0.25) is 0 Å². The van der Waals surface area contributed by atoms with Crippen LogP contribution in [0.25, 0.3) is 21.3 Å². The zero-order chi connectivity index (χ0) is 18.6. The lowest BCUT2D eigenvalue weighted by Gasteiger charge is -2.14. The maximum Gasteiger partial charge on any atom is 0.271 e. The second-order valence-electron chi connectivity index (χ2n) is 6.19. The Balaban J connectivity index is 1.38. The lowest BCUT2D eigenvalue weighted by molar-refractivity contribution is 0.0915. The summed E-state index contributed by atoms with van der Waals surface area (Å²) in [6.07, 6.45) is 0.658. The molecule has 1 atom stereocenters. The molecule has 0 aliphatic heterocycles. The fraction of sp³-hybridized carbons (Fsp3) is 0.143. The average Bonchev–Trinajstić information content (AvgIpc) is 3.19. The zero-order valence-corrected chi connectivity index (χ0v) is 15.3. The Hall–Kier alpha value is -2.96. The van der Waals surface area contributed by atoms with Gasteiger partial charge in [0, 0.05) is 0 Å². The predicted molar refractivity (Wildman–Crippen MR) is 107 cm³/mol. The molecule has 0 radical (unpaired) electrons. The summed E-state index contributed by atoms with van der Waals surface area (Å²) in [5.74, 6) is 0.674. The highest BCUT2D eigenvalue weighted by molar-refractivity contribution is 7.17. The summed E-state index contributed by atoms with van der Waals surface area (Å²) < 4.78 is 7.68. The lowest BCUT2D eigenvalue weighted by Crippen LogP contribution is -2.30. The second kappa shape index (κ2) is 7.73. The van der Waals surface area contributed by atoms with Gasteiger partial charge in [0.05, 0.1) is 18.4 Å². The number of nitrogens with zero attached hydrogens (tertiary/aromatic N) is 2. The SMILES string of the molecule is O=c1c2sccc2ncn1CC(O)COc1ccc(-c2ccccc2)cc1. The highest BCUT2D eigenvalue weighted by atomic mass is 32.1. The van der Waals surface area contributed by atoms with Crippen LogP contribution in [-0.4, -0.2) is 27.4 Å². The fourth-order valence-electron chi connectivity index (χ4n) is 2.86. The van der Waals surface area contributed by atoms with Crippen LogP contribution in [0.3, 0.4) is 0 Å². The van der Waals surface area contributed by atoms with Crippen LogP contribution in [0.4, 0.5) is 0 Å². The van der Waals surface area contributed by atoms with E-state index in [1.54, 1.807) is 0 Å². The van der Waals surface area contributed by atoms with Crippen LogP contribution < -0.4 is 10.3 Å². The highest BCUT2D eigenvalue weighted by Crippen LogP contribution is 2.22. The Morgan fingerprint density at radius 1 is 1.04 bits per heavy atom. The molecule has 5 nitrogen and oxygen atoms in total. The molecule has 0 aliphatic carbocycles. The molecule has 136 valence electrons. The Bertz CT molecular complexity index is 1090. The van der Waals surface area contributed by atoms with Gasteiger partial charge >= 0.3 is 0 Å². The Kier molecular flexibility index (Phi) is 5.00. The van der Waals surface area contributed by atoms with Crippen molar-refractivity contribution in [1.82, 2.24) is 9.55 Å². The number of aromatic nitrogens is 2. The molecule has 6 heteroatoms. The van der Waals surface area contributed by atoms with Crippen LogP contribution in [-0.2, 0) is 6.54 Å². The van der Waals surface area contributed by atoms with E-state index < -0.39 is 6.10 Å². The van der Waals surface area contributed by atoms with Crippen molar-refractivity contribution in [3.05, 3.63) is 82.7 Å². The number of hydrogen-bond donors (Lipinski definition) is 1. The van der Waals surface area contributed by atoms with E-state index in [0.717, 1.165) is 11.1 Å². The minimum absolute atomic E-state index is 0.0968. The van der Waals surface area contributed by atoms with Gasteiger partial charge in [-0.3, -0.25) is 9.36 Å². The van der Waals surface area contributed by atoms with Crippen LogP contribution in [0.5, 0.6) is 5.75 Å². The lowest BCUT2D eigenvalue weighted by atomic mass is 10.1. The maximum absolute atomic E-state index is 12.4. The number of benzene rings is 2. The fourth-order valence-corrected chi connectivity index (χ4v) is 3.65. The van der Waals surface area contributed by atoms with Crippen molar-refractivity contribution in [2.45, 2.75) is 12.6 Å². The molecule has 0 spiro atoms. The molecule has 2 aromatic carbocycles. The van der Waals surface area contributed by atoms with Gasteiger partial charge in [0.1, 0.15) is 23.2 Å². The van der Waals surface area contributed by atoms with Crippen molar-refractivity contribution >= 4 is 21.6 Å². The molecule has 27 heavy (non-hydrogen) atoms. The van der Waals surface area contributed by atoms with Crippen LogP contribution in [0.15, 0.2) is 77.2 Å². The van der Waals surface area contributed by atoms with E-state index in [4.69, 9.17) is 4.74 Å².